The molecule has 0 radical (unpaired) electrons. The van der Waals surface area contributed by atoms with Gasteiger partial charge >= 0.3 is 0 Å². The monoisotopic (exact) mass is 483 g/mol. The topological polar surface area (TPSA) is 3.24 Å². The van der Waals surface area contributed by atoms with E-state index in [1.807, 2.05) is 0 Å². The molecule has 0 bridgehead atoms. The van der Waals surface area contributed by atoms with Crippen LogP contribution in [0.4, 0.5) is 17.1 Å². The van der Waals surface area contributed by atoms with E-state index in [9.17, 15) is 0 Å². The van der Waals surface area contributed by atoms with Crippen molar-refractivity contribution in [3.05, 3.63) is 88.5 Å². The van der Waals surface area contributed by atoms with Gasteiger partial charge in [-0.1, -0.05) is 105 Å². The predicted molar refractivity (Wildman–Crippen MR) is 161 cm³/mol. The highest BCUT2D eigenvalue weighted by Crippen LogP contribution is 2.42. The summed E-state index contributed by atoms with van der Waals surface area (Å²) < 4.78 is 0. The van der Waals surface area contributed by atoms with Gasteiger partial charge in [-0.25, -0.2) is 0 Å². The van der Waals surface area contributed by atoms with E-state index >= 15 is 0 Å². The predicted octanol–water partition coefficient (Wildman–Crippen LogP) is 10.8. The van der Waals surface area contributed by atoms with Gasteiger partial charge in [0, 0.05) is 11.4 Å². The first kappa shape index (κ1) is 28.0. The van der Waals surface area contributed by atoms with E-state index in [0.29, 0.717) is 0 Å². The highest BCUT2D eigenvalue weighted by molar-refractivity contribution is 5.81. The fourth-order valence-corrected chi connectivity index (χ4v) is 5.25. The zero-order chi connectivity index (χ0) is 26.9. The van der Waals surface area contributed by atoms with Crippen LogP contribution in [0.15, 0.2) is 60.7 Å². The summed E-state index contributed by atoms with van der Waals surface area (Å²) in [7, 11) is 0. The van der Waals surface area contributed by atoms with Gasteiger partial charge in [-0.15, -0.1) is 0 Å². The standard InChI is InChI=1S/C35H49N/c1-12-22-35(10,11)28-16-20-31(21-17-28)36(30-18-14-27(15-19-30)34(8,9)13-2)32-25(3)23-29(24-26(32)4)33(5,6)7/h14-21,23-24H,12-13,22H2,1-11H3. The van der Waals surface area contributed by atoms with Crippen LogP contribution in [0.5, 0.6) is 0 Å². The Bertz CT molecular complexity index is 1130. The molecule has 36 heavy (non-hydrogen) atoms. The maximum atomic E-state index is 2.45. The third-order valence-corrected chi connectivity index (χ3v) is 8.15. The fourth-order valence-electron chi connectivity index (χ4n) is 5.25. The lowest BCUT2D eigenvalue weighted by molar-refractivity contribution is 0.473. The third kappa shape index (κ3) is 5.88. The van der Waals surface area contributed by atoms with Crippen LogP contribution in [0.1, 0.15) is 109 Å². The molecule has 0 N–H and O–H groups in total. The van der Waals surface area contributed by atoms with Gasteiger partial charge < -0.3 is 4.90 Å². The first-order valence-corrected chi connectivity index (χ1v) is 13.8. The Morgan fingerprint density at radius 2 is 1.00 bits per heavy atom. The lowest BCUT2D eigenvalue weighted by atomic mass is 9.80. The Morgan fingerprint density at radius 1 is 0.583 bits per heavy atom. The van der Waals surface area contributed by atoms with Crippen molar-refractivity contribution < 1.29 is 0 Å². The normalized spacial score (nSPS) is 12.6. The molecule has 3 aromatic carbocycles. The van der Waals surface area contributed by atoms with Gasteiger partial charge in [0.2, 0.25) is 0 Å². The van der Waals surface area contributed by atoms with Crippen LogP contribution < -0.4 is 4.90 Å². The first-order chi connectivity index (χ1) is 16.7. The molecule has 0 aliphatic carbocycles. The van der Waals surface area contributed by atoms with E-state index in [4.69, 9.17) is 0 Å². The summed E-state index contributed by atoms with van der Waals surface area (Å²) >= 11 is 0. The maximum absolute atomic E-state index is 2.45. The Hall–Kier alpha value is -2.54. The van der Waals surface area contributed by atoms with Crippen LogP contribution in [0.25, 0.3) is 0 Å². The average molecular weight is 484 g/mol. The summed E-state index contributed by atoms with van der Waals surface area (Å²) in [5.41, 5.74) is 11.0. The second kappa shape index (κ2) is 10.4. The Labute approximate surface area is 222 Å². The van der Waals surface area contributed by atoms with E-state index in [1.165, 1.54) is 57.7 Å². The highest BCUT2D eigenvalue weighted by atomic mass is 15.1. The number of aryl methyl sites for hydroxylation is 2. The Morgan fingerprint density at radius 3 is 1.36 bits per heavy atom. The molecule has 0 unspecified atom stereocenters. The molecule has 194 valence electrons. The van der Waals surface area contributed by atoms with Crippen molar-refractivity contribution >= 4 is 17.1 Å². The van der Waals surface area contributed by atoms with Crippen LogP contribution in [0.2, 0.25) is 0 Å². The molecule has 0 aliphatic rings. The molecule has 0 fully saturated rings. The smallest absolute Gasteiger partial charge is 0.0520 e. The van der Waals surface area contributed by atoms with Crippen molar-refractivity contribution in [1.29, 1.82) is 0 Å². The molecule has 0 spiro atoms. The number of benzene rings is 3. The zero-order valence-electron chi connectivity index (χ0n) is 24.8. The van der Waals surface area contributed by atoms with Gasteiger partial charge in [0.1, 0.15) is 0 Å². The summed E-state index contributed by atoms with van der Waals surface area (Å²) in [6.07, 6.45) is 3.51. The van der Waals surface area contributed by atoms with Crippen molar-refractivity contribution in [2.75, 3.05) is 4.90 Å². The van der Waals surface area contributed by atoms with Gasteiger partial charge in [0.15, 0.2) is 0 Å². The zero-order valence-corrected chi connectivity index (χ0v) is 24.8. The van der Waals surface area contributed by atoms with E-state index in [1.54, 1.807) is 0 Å². The lowest BCUT2D eigenvalue weighted by Gasteiger charge is -2.32. The largest absolute Gasteiger partial charge is 0.310 e. The van der Waals surface area contributed by atoms with Crippen LogP contribution in [-0.2, 0) is 16.2 Å². The molecule has 3 aromatic rings. The van der Waals surface area contributed by atoms with E-state index in [0.717, 1.165) is 6.42 Å². The molecule has 0 amide bonds. The summed E-state index contributed by atoms with van der Waals surface area (Å²) in [4.78, 5) is 2.45. The molecular formula is C35H49N. The highest BCUT2D eigenvalue weighted by Gasteiger charge is 2.24. The van der Waals surface area contributed by atoms with Crippen molar-refractivity contribution in [3.8, 4) is 0 Å². The summed E-state index contributed by atoms with van der Waals surface area (Å²) in [5.74, 6) is 0. The Balaban J connectivity index is 2.18. The molecule has 0 atom stereocenters. The number of nitrogens with zero attached hydrogens (tertiary/aromatic N) is 1. The van der Waals surface area contributed by atoms with Crippen molar-refractivity contribution in [1.82, 2.24) is 0 Å². The second-order valence-electron chi connectivity index (χ2n) is 13.0. The maximum Gasteiger partial charge on any atom is 0.0520 e. The van der Waals surface area contributed by atoms with Crippen molar-refractivity contribution in [2.24, 2.45) is 0 Å². The van der Waals surface area contributed by atoms with Crippen LogP contribution in [0.3, 0.4) is 0 Å². The minimum absolute atomic E-state index is 0.124. The van der Waals surface area contributed by atoms with E-state index < -0.39 is 0 Å². The van der Waals surface area contributed by atoms with Gasteiger partial charge in [-0.2, -0.15) is 0 Å². The molecule has 0 saturated carbocycles. The SMILES string of the molecule is CCCC(C)(C)c1ccc(N(c2ccc(C(C)(C)CC)cc2)c2c(C)cc(C(C)(C)C)cc2C)cc1. The number of hydrogen-bond acceptors (Lipinski definition) is 1. The van der Waals surface area contributed by atoms with Crippen LogP contribution in [0, 0.1) is 13.8 Å². The van der Waals surface area contributed by atoms with Gasteiger partial charge in [0.05, 0.1) is 5.69 Å². The molecule has 3 rings (SSSR count). The van der Waals surface area contributed by atoms with Gasteiger partial charge in [-0.05, 0) is 95.0 Å². The Kier molecular flexibility index (Phi) is 8.13. The minimum atomic E-state index is 0.124. The van der Waals surface area contributed by atoms with Crippen LogP contribution in [-0.4, -0.2) is 0 Å². The summed E-state index contributed by atoms with van der Waals surface area (Å²) in [6, 6.07) is 23.3. The number of rotatable bonds is 8. The minimum Gasteiger partial charge on any atom is -0.310 e. The molecular weight excluding hydrogens is 434 g/mol. The summed E-state index contributed by atoms with van der Waals surface area (Å²) in [5, 5.41) is 0. The van der Waals surface area contributed by atoms with Gasteiger partial charge in [0.25, 0.3) is 0 Å². The molecule has 0 heterocycles. The van der Waals surface area contributed by atoms with Gasteiger partial charge in [-0.3, -0.25) is 0 Å². The average Bonchev–Trinajstić information content (AvgIpc) is 2.81. The first-order valence-electron chi connectivity index (χ1n) is 13.8. The van der Waals surface area contributed by atoms with E-state index in [2.05, 4.69) is 142 Å². The fraction of sp³-hybridized carbons (Fsp3) is 0.486. The molecule has 1 heteroatoms. The van der Waals surface area contributed by atoms with Crippen molar-refractivity contribution in [3.63, 3.8) is 0 Å². The second-order valence-corrected chi connectivity index (χ2v) is 13.0. The van der Waals surface area contributed by atoms with Crippen molar-refractivity contribution in [2.45, 2.75) is 112 Å². The molecule has 0 saturated heterocycles. The molecule has 1 nitrogen and oxygen atoms in total. The summed E-state index contributed by atoms with van der Waals surface area (Å²) in [6.45, 7) is 25.3. The lowest BCUT2D eigenvalue weighted by Crippen LogP contribution is -2.19. The van der Waals surface area contributed by atoms with E-state index in [-0.39, 0.29) is 16.2 Å². The third-order valence-electron chi connectivity index (χ3n) is 8.15. The van der Waals surface area contributed by atoms with Crippen LogP contribution >= 0.6 is 0 Å². The number of hydrogen-bond donors (Lipinski definition) is 0. The molecule has 0 aliphatic heterocycles. The molecule has 0 aromatic heterocycles. The number of anilines is 3. The quantitative estimate of drug-likeness (QED) is 0.308.